The lowest BCUT2D eigenvalue weighted by molar-refractivity contribution is -0.156. The lowest BCUT2D eigenvalue weighted by Crippen LogP contribution is -2.27. The molecule has 0 aromatic heterocycles. The van der Waals surface area contributed by atoms with Crippen molar-refractivity contribution in [3.63, 3.8) is 0 Å². The minimum atomic E-state index is -0.494. The third kappa shape index (κ3) is 9.66. The Bertz CT molecular complexity index is 280. The van der Waals surface area contributed by atoms with Crippen LogP contribution in [0.2, 0.25) is 0 Å². The number of esters is 1. The van der Waals surface area contributed by atoms with Crippen LogP contribution in [0.1, 0.15) is 34.1 Å². The molecule has 17 heavy (non-hydrogen) atoms. The molecule has 0 saturated carbocycles. The van der Waals surface area contributed by atoms with E-state index < -0.39 is 5.60 Å². The van der Waals surface area contributed by atoms with Gasteiger partial charge >= 0.3 is 5.97 Å². The molecule has 0 spiro atoms. The van der Waals surface area contributed by atoms with E-state index in [2.05, 4.69) is 10.0 Å². The van der Waals surface area contributed by atoms with Gasteiger partial charge in [-0.2, -0.15) is 0 Å². The van der Waals surface area contributed by atoms with Crippen molar-refractivity contribution in [2.75, 3.05) is 19.8 Å². The topological polar surface area (TPSA) is 84.3 Å². The zero-order valence-electron chi connectivity index (χ0n) is 11.0. The summed E-state index contributed by atoms with van der Waals surface area (Å²) in [5.41, 5.74) is 7.77. The Kier molecular flexibility index (Phi) is 7.34. The molecule has 0 heterocycles. The van der Waals surface area contributed by atoms with Gasteiger partial charge in [-0.1, -0.05) is 5.11 Å². The van der Waals surface area contributed by atoms with Crippen molar-refractivity contribution >= 4 is 5.97 Å². The summed E-state index contributed by atoms with van der Waals surface area (Å²) in [6.07, 6.45) is 0.205. The molecular formula is C11H21N3O3. The fourth-order valence-corrected chi connectivity index (χ4v) is 1.23. The molecule has 6 nitrogen and oxygen atoms in total. The van der Waals surface area contributed by atoms with Gasteiger partial charge in [-0.25, -0.2) is 0 Å². The second-order valence-electron chi connectivity index (χ2n) is 4.73. The zero-order chi connectivity index (χ0) is 13.3. The van der Waals surface area contributed by atoms with E-state index in [0.717, 1.165) is 0 Å². The largest absolute Gasteiger partial charge is 0.460 e. The number of hydrogen-bond acceptors (Lipinski definition) is 4. The number of carbonyl (C=O) groups is 1. The number of nitrogens with zero attached hydrogens (tertiary/aromatic N) is 3. The van der Waals surface area contributed by atoms with E-state index in [1.807, 2.05) is 27.7 Å². The van der Waals surface area contributed by atoms with Gasteiger partial charge in [0, 0.05) is 18.1 Å². The molecule has 1 atom stereocenters. The maximum absolute atomic E-state index is 11.6. The Labute approximate surface area is 102 Å². The Hall–Kier alpha value is -1.26. The maximum atomic E-state index is 11.6. The molecule has 0 saturated heterocycles. The van der Waals surface area contributed by atoms with Crippen molar-refractivity contribution in [3.05, 3.63) is 10.4 Å². The van der Waals surface area contributed by atoms with Crippen LogP contribution in [0.5, 0.6) is 0 Å². The molecule has 0 unspecified atom stereocenters. The SMILES string of the molecule is CCOC[C@@H](CN=[N+]=[N-])CC(=O)OC(C)(C)C. The number of azide groups is 1. The average Bonchev–Trinajstić information content (AvgIpc) is 2.19. The lowest BCUT2D eigenvalue weighted by Gasteiger charge is -2.21. The second kappa shape index (κ2) is 7.92. The van der Waals surface area contributed by atoms with Gasteiger partial charge in [0.15, 0.2) is 0 Å². The summed E-state index contributed by atoms with van der Waals surface area (Å²) in [6.45, 7) is 8.53. The van der Waals surface area contributed by atoms with E-state index in [0.29, 0.717) is 13.2 Å². The van der Waals surface area contributed by atoms with E-state index in [1.165, 1.54) is 0 Å². The van der Waals surface area contributed by atoms with Crippen molar-refractivity contribution < 1.29 is 14.3 Å². The highest BCUT2D eigenvalue weighted by Crippen LogP contribution is 2.13. The second-order valence-corrected chi connectivity index (χ2v) is 4.73. The lowest BCUT2D eigenvalue weighted by atomic mass is 10.1. The highest BCUT2D eigenvalue weighted by Gasteiger charge is 2.20. The van der Waals surface area contributed by atoms with Gasteiger partial charge in [-0.05, 0) is 39.1 Å². The zero-order valence-corrected chi connectivity index (χ0v) is 11.0. The van der Waals surface area contributed by atoms with Crippen molar-refractivity contribution in [3.8, 4) is 0 Å². The van der Waals surface area contributed by atoms with Crippen molar-refractivity contribution in [2.24, 2.45) is 11.0 Å². The summed E-state index contributed by atoms with van der Waals surface area (Å²) in [5.74, 6) is -0.420. The smallest absolute Gasteiger partial charge is 0.306 e. The molecule has 0 rings (SSSR count). The number of carbonyl (C=O) groups excluding carboxylic acids is 1. The van der Waals surface area contributed by atoms with Crippen LogP contribution in [-0.2, 0) is 14.3 Å². The molecule has 0 radical (unpaired) electrons. The summed E-state index contributed by atoms with van der Waals surface area (Å²) < 4.78 is 10.4. The predicted molar refractivity (Wildman–Crippen MR) is 64.5 cm³/mol. The number of ether oxygens (including phenoxy) is 2. The van der Waals surface area contributed by atoms with Gasteiger partial charge in [0.25, 0.3) is 0 Å². The molecule has 0 bridgehead atoms. The summed E-state index contributed by atoms with van der Waals surface area (Å²) >= 11 is 0. The first-order valence-corrected chi connectivity index (χ1v) is 5.69. The van der Waals surface area contributed by atoms with Crippen LogP contribution in [0.15, 0.2) is 5.11 Å². The molecule has 0 aliphatic rings. The van der Waals surface area contributed by atoms with Crippen LogP contribution in [0.3, 0.4) is 0 Å². The highest BCUT2D eigenvalue weighted by molar-refractivity contribution is 5.70. The first kappa shape index (κ1) is 15.7. The van der Waals surface area contributed by atoms with Gasteiger partial charge in [0.1, 0.15) is 5.60 Å². The van der Waals surface area contributed by atoms with Crippen molar-refractivity contribution in [1.29, 1.82) is 0 Å². The van der Waals surface area contributed by atoms with Gasteiger partial charge in [0.2, 0.25) is 0 Å². The van der Waals surface area contributed by atoms with E-state index in [-0.39, 0.29) is 24.9 Å². The summed E-state index contributed by atoms with van der Waals surface area (Å²) in [7, 11) is 0. The summed E-state index contributed by atoms with van der Waals surface area (Å²) in [4.78, 5) is 14.3. The van der Waals surface area contributed by atoms with Crippen molar-refractivity contribution in [2.45, 2.75) is 39.7 Å². The normalized spacial score (nSPS) is 12.7. The quantitative estimate of drug-likeness (QED) is 0.298. The van der Waals surface area contributed by atoms with E-state index in [1.54, 1.807) is 0 Å². The molecular weight excluding hydrogens is 222 g/mol. The monoisotopic (exact) mass is 243 g/mol. The van der Waals surface area contributed by atoms with E-state index in [4.69, 9.17) is 15.0 Å². The molecule has 6 heteroatoms. The van der Waals surface area contributed by atoms with Crippen LogP contribution in [0.4, 0.5) is 0 Å². The highest BCUT2D eigenvalue weighted by atomic mass is 16.6. The molecule has 0 aromatic carbocycles. The van der Waals surface area contributed by atoms with Gasteiger partial charge in [-0.15, -0.1) is 0 Å². The third-order valence-electron chi connectivity index (χ3n) is 1.84. The Morgan fingerprint density at radius 2 is 2.12 bits per heavy atom. The van der Waals surface area contributed by atoms with Crippen LogP contribution in [-0.4, -0.2) is 31.3 Å². The van der Waals surface area contributed by atoms with Gasteiger partial charge in [-0.3, -0.25) is 4.79 Å². The summed E-state index contributed by atoms with van der Waals surface area (Å²) in [6, 6.07) is 0. The average molecular weight is 243 g/mol. The standard InChI is InChI=1S/C11H21N3O3/c1-5-16-8-9(7-13-14-12)6-10(15)17-11(2,3)4/h9H,5-8H2,1-4H3/t9-/m1/s1. The van der Waals surface area contributed by atoms with Crippen LogP contribution in [0.25, 0.3) is 10.4 Å². The molecule has 0 fully saturated rings. The minimum Gasteiger partial charge on any atom is -0.460 e. The first-order chi connectivity index (χ1) is 7.89. The summed E-state index contributed by atoms with van der Waals surface area (Å²) in [5, 5.41) is 3.47. The fraction of sp³-hybridized carbons (Fsp3) is 0.909. The predicted octanol–water partition coefficient (Wildman–Crippen LogP) is 2.68. The van der Waals surface area contributed by atoms with Crippen LogP contribution >= 0.6 is 0 Å². The number of hydrogen-bond donors (Lipinski definition) is 0. The maximum Gasteiger partial charge on any atom is 0.306 e. The van der Waals surface area contributed by atoms with Crippen LogP contribution < -0.4 is 0 Å². The Balaban J connectivity index is 4.21. The molecule has 0 aliphatic heterocycles. The van der Waals surface area contributed by atoms with E-state index >= 15 is 0 Å². The Morgan fingerprint density at radius 3 is 2.59 bits per heavy atom. The first-order valence-electron chi connectivity index (χ1n) is 5.69. The Morgan fingerprint density at radius 1 is 1.47 bits per heavy atom. The molecule has 98 valence electrons. The molecule has 0 aliphatic carbocycles. The molecule has 0 amide bonds. The van der Waals surface area contributed by atoms with Crippen molar-refractivity contribution in [1.82, 2.24) is 0 Å². The molecule has 0 N–H and O–H groups in total. The fourth-order valence-electron chi connectivity index (χ4n) is 1.23. The van der Waals surface area contributed by atoms with Gasteiger partial charge in [0.05, 0.1) is 13.0 Å². The van der Waals surface area contributed by atoms with E-state index in [9.17, 15) is 4.79 Å². The third-order valence-corrected chi connectivity index (χ3v) is 1.84. The minimum absolute atomic E-state index is 0.124. The van der Waals surface area contributed by atoms with Crippen LogP contribution in [0, 0.1) is 5.92 Å². The molecule has 0 aromatic rings. The number of rotatable bonds is 7. The van der Waals surface area contributed by atoms with Gasteiger partial charge < -0.3 is 9.47 Å².